The first-order valence-electron chi connectivity index (χ1n) is 10.3. The molecule has 1 saturated carbocycles. The van der Waals surface area contributed by atoms with Gasteiger partial charge in [0.2, 0.25) is 0 Å². The predicted molar refractivity (Wildman–Crippen MR) is 102 cm³/mol. The largest absolute Gasteiger partial charge is 0.329 e. The molecule has 25 heavy (non-hydrogen) atoms. The molecule has 1 aromatic carbocycles. The molecule has 1 saturated heterocycles. The van der Waals surface area contributed by atoms with Gasteiger partial charge in [-0.15, -0.1) is 0 Å². The molecule has 2 fully saturated rings. The molecule has 0 radical (unpaired) electrons. The first-order chi connectivity index (χ1) is 12.1. The lowest BCUT2D eigenvalue weighted by atomic mass is 9.84. The number of carbonyl (C=O) groups is 1. The molecule has 0 bridgehead atoms. The van der Waals surface area contributed by atoms with Crippen LogP contribution >= 0.6 is 0 Å². The molecule has 0 aromatic heterocycles. The quantitative estimate of drug-likeness (QED) is 0.880. The molecule has 136 valence electrons. The Kier molecular flexibility index (Phi) is 4.61. The fourth-order valence-electron chi connectivity index (χ4n) is 5.31. The maximum atomic E-state index is 13.3. The molecule has 0 spiro atoms. The number of nitrogens with one attached hydrogen (secondary N) is 1. The van der Waals surface area contributed by atoms with Crippen molar-refractivity contribution >= 4 is 5.91 Å². The summed E-state index contributed by atoms with van der Waals surface area (Å²) in [5.74, 6) is 1.54. The Hall–Kier alpha value is -1.35. The van der Waals surface area contributed by atoms with Crippen LogP contribution in [0, 0.1) is 5.92 Å². The Labute approximate surface area is 152 Å². The molecule has 1 aliphatic carbocycles. The summed E-state index contributed by atoms with van der Waals surface area (Å²) in [7, 11) is 0. The number of fused-ring (bicyclic) bond motifs is 3. The van der Waals surface area contributed by atoms with E-state index in [2.05, 4.69) is 43.1 Å². The van der Waals surface area contributed by atoms with Crippen LogP contribution in [0.25, 0.3) is 0 Å². The highest BCUT2D eigenvalue weighted by Gasteiger charge is 2.45. The van der Waals surface area contributed by atoms with Gasteiger partial charge in [0.25, 0.3) is 5.91 Å². The Morgan fingerprint density at radius 1 is 1.20 bits per heavy atom. The third-order valence-corrected chi connectivity index (χ3v) is 6.46. The Balaban J connectivity index is 1.81. The monoisotopic (exact) mass is 340 g/mol. The normalized spacial score (nSPS) is 26.4. The Bertz CT molecular complexity index is 660. The fraction of sp³-hybridized carbons (Fsp3) is 0.682. The molecular weight excluding hydrogens is 308 g/mol. The van der Waals surface area contributed by atoms with Gasteiger partial charge in [0.15, 0.2) is 0 Å². The van der Waals surface area contributed by atoms with Crippen molar-refractivity contribution in [1.82, 2.24) is 10.2 Å². The second-order valence-corrected chi connectivity index (χ2v) is 8.62. The maximum absolute atomic E-state index is 13.3. The average molecular weight is 341 g/mol. The molecule has 1 N–H and O–H groups in total. The highest BCUT2D eigenvalue weighted by Crippen LogP contribution is 2.45. The number of hydrogen-bond acceptors (Lipinski definition) is 2. The molecule has 2 aliphatic heterocycles. The molecule has 1 unspecified atom stereocenters. The Morgan fingerprint density at radius 2 is 1.92 bits per heavy atom. The van der Waals surface area contributed by atoms with Gasteiger partial charge in [-0.05, 0) is 54.2 Å². The fourth-order valence-corrected chi connectivity index (χ4v) is 5.31. The number of amides is 1. The van der Waals surface area contributed by atoms with Gasteiger partial charge < -0.3 is 10.2 Å². The van der Waals surface area contributed by atoms with Crippen LogP contribution in [0.15, 0.2) is 12.1 Å². The topological polar surface area (TPSA) is 32.3 Å². The van der Waals surface area contributed by atoms with E-state index in [0.717, 1.165) is 31.5 Å². The number of benzene rings is 1. The van der Waals surface area contributed by atoms with Crippen molar-refractivity contribution in [3.05, 3.63) is 34.4 Å². The summed E-state index contributed by atoms with van der Waals surface area (Å²) in [6.07, 6.45) is 7.32. The van der Waals surface area contributed by atoms with Crippen LogP contribution in [0.5, 0.6) is 0 Å². The molecule has 4 rings (SSSR count). The highest BCUT2D eigenvalue weighted by molar-refractivity contribution is 6.01. The van der Waals surface area contributed by atoms with Crippen LogP contribution < -0.4 is 5.32 Å². The zero-order chi connectivity index (χ0) is 17.6. The minimum Gasteiger partial charge on any atom is -0.329 e. The van der Waals surface area contributed by atoms with Crippen molar-refractivity contribution in [3.63, 3.8) is 0 Å². The van der Waals surface area contributed by atoms with E-state index in [4.69, 9.17) is 0 Å². The van der Waals surface area contributed by atoms with Gasteiger partial charge in [0, 0.05) is 24.7 Å². The molecule has 2 atom stereocenters. The third-order valence-electron chi connectivity index (χ3n) is 6.46. The predicted octanol–water partition coefficient (Wildman–Crippen LogP) is 4.42. The summed E-state index contributed by atoms with van der Waals surface area (Å²) in [4.78, 5) is 15.5. The number of piperazine rings is 1. The van der Waals surface area contributed by atoms with Crippen molar-refractivity contribution in [2.45, 2.75) is 77.3 Å². The first-order valence-corrected chi connectivity index (χ1v) is 10.3. The third kappa shape index (κ3) is 2.91. The van der Waals surface area contributed by atoms with E-state index in [9.17, 15) is 4.79 Å². The maximum Gasteiger partial charge on any atom is 0.255 e. The van der Waals surface area contributed by atoms with Crippen molar-refractivity contribution < 1.29 is 4.79 Å². The molecular formula is C22H32N2O. The van der Waals surface area contributed by atoms with E-state index in [-0.39, 0.29) is 6.04 Å². The van der Waals surface area contributed by atoms with E-state index in [1.165, 1.54) is 42.4 Å². The van der Waals surface area contributed by atoms with Crippen LogP contribution in [-0.2, 0) is 6.42 Å². The summed E-state index contributed by atoms with van der Waals surface area (Å²) in [6.45, 7) is 8.57. The lowest BCUT2D eigenvalue weighted by Crippen LogP contribution is -2.52. The standard InChI is InChI=1S/C22H32N2O/c1-4-15-12-17(16-7-5-6-8-16)20-18(13-15)21-19(11-14(2)3)23-9-10-24(21)22(20)25/h12-14,16,19,21,23H,4-11H2,1-3H3/t19?,21-/m0/s1. The number of hydrogen-bond donors (Lipinski definition) is 1. The molecule has 3 nitrogen and oxygen atoms in total. The smallest absolute Gasteiger partial charge is 0.255 e. The van der Waals surface area contributed by atoms with Crippen molar-refractivity contribution in [2.75, 3.05) is 13.1 Å². The number of carbonyl (C=O) groups excluding carboxylic acids is 1. The van der Waals surface area contributed by atoms with E-state index in [0.29, 0.717) is 23.8 Å². The summed E-state index contributed by atoms with van der Waals surface area (Å²) < 4.78 is 0. The summed E-state index contributed by atoms with van der Waals surface area (Å²) in [5, 5.41) is 3.72. The Morgan fingerprint density at radius 3 is 2.60 bits per heavy atom. The second kappa shape index (κ2) is 6.75. The zero-order valence-corrected chi connectivity index (χ0v) is 16.0. The summed E-state index contributed by atoms with van der Waals surface area (Å²) >= 11 is 0. The van der Waals surface area contributed by atoms with Crippen LogP contribution in [0.3, 0.4) is 0 Å². The van der Waals surface area contributed by atoms with Crippen molar-refractivity contribution in [2.24, 2.45) is 5.92 Å². The highest BCUT2D eigenvalue weighted by atomic mass is 16.2. The number of nitrogens with zero attached hydrogens (tertiary/aromatic N) is 1. The van der Waals surface area contributed by atoms with E-state index < -0.39 is 0 Å². The minimum absolute atomic E-state index is 0.241. The van der Waals surface area contributed by atoms with E-state index >= 15 is 0 Å². The van der Waals surface area contributed by atoms with Crippen molar-refractivity contribution in [3.8, 4) is 0 Å². The van der Waals surface area contributed by atoms with E-state index in [1.54, 1.807) is 0 Å². The van der Waals surface area contributed by atoms with Crippen LogP contribution in [-0.4, -0.2) is 29.9 Å². The van der Waals surface area contributed by atoms with Crippen molar-refractivity contribution in [1.29, 1.82) is 0 Å². The average Bonchev–Trinajstić information content (AvgIpc) is 3.22. The number of aryl methyl sites for hydroxylation is 1. The van der Waals surface area contributed by atoms with Gasteiger partial charge in [0.05, 0.1) is 6.04 Å². The van der Waals surface area contributed by atoms with Crippen LogP contribution in [0.1, 0.15) is 91.9 Å². The SMILES string of the molecule is CCc1cc(C2CCCC2)c2c(c1)[C@H]1C(CC(C)C)NCCN1C2=O. The van der Waals surface area contributed by atoms with Gasteiger partial charge in [-0.2, -0.15) is 0 Å². The first kappa shape index (κ1) is 17.1. The minimum atomic E-state index is 0.241. The van der Waals surface area contributed by atoms with Gasteiger partial charge in [-0.25, -0.2) is 0 Å². The summed E-state index contributed by atoms with van der Waals surface area (Å²) in [5.41, 5.74) is 5.18. The lowest BCUT2D eigenvalue weighted by Gasteiger charge is -2.39. The van der Waals surface area contributed by atoms with Crippen LogP contribution in [0.4, 0.5) is 0 Å². The van der Waals surface area contributed by atoms with Gasteiger partial charge in [0.1, 0.15) is 0 Å². The zero-order valence-electron chi connectivity index (χ0n) is 16.0. The molecule has 3 heteroatoms. The van der Waals surface area contributed by atoms with Gasteiger partial charge in [-0.1, -0.05) is 45.7 Å². The molecule has 3 aliphatic rings. The second-order valence-electron chi connectivity index (χ2n) is 8.62. The molecule has 1 amide bonds. The molecule has 1 aromatic rings. The summed E-state index contributed by atoms with van der Waals surface area (Å²) in [6, 6.07) is 5.33. The van der Waals surface area contributed by atoms with Crippen LogP contribution in [0.2, 0.25) is 0 Å². The lowest BCUT2D eigenvalue weighted by molar-refractivity contribution is 0.0610. The van der Waals surface area contributed by atoms with E-state index in [1.807, 2.05) is 0 Å². The molecule has 2 heterocycles. The van der Waals surface area contributed by atoms with Gasteiger partial charge in [-0.3, -0.25) is 4.79 Å². The number of rotatable bonds is 4. The van der Waals surface area contributed by atoms with Gasteiger partial charge >= 0.3 is 0 Å².